The summed E-state index contributed by atoms with van der Waals surface area (Å²) in [4.78, 5) is 39.4. The summed E-state index contributed by atoms with van der Waals surface area (Å²) >= 11 is 0. The monoisotopic (exact) mass is 335 g/mol. The standard InChI is InChI=1S/C17H22FN3O3/c1-20-8-10-21(11-9-20)17(24)15(3-2-12-22)19-16(23)13-4-6-14(18)7-5-13/h4-7,12,15H,2-3,8-11H2,1H3,(H,19,23)/t15-/m0/s1. The molecule has 1 saturated heterocycles. The fraction of sp³-hybridized carbons (Fsp3) is 0.471. The summed E-state index contributed by atoms with van der Waals surface area (Å²) in [6.07, 6.45) is 1.17. The molecular weight excluding hydrogens is 313 g/mol. The zero-order valence-electron chi connectivity index (χ0n) is 13.7. The molecular formula is C17H22FN3O3. The minimum atomic E-state index is -0.754. The van der Waals surface area contributed by atoms with Gasteiger partial charge in [0.15, 0.2) is 0 Å². The topological polar surface area (TPSA) is 69.7 Å². The second-order valence-electron chi connectivity index (χ2n) is 5.91. The van der Waals surface area contributed by atoms with Gasteiger partial charge in [0, 0.05) is 38.2 Å². The van der Waals surface area contributed by atoms with Crippen molar-refractivity contribution in [1.29, 1.82) is 0 Å². The first-order valence-corrected chi connectivity index (χ1v) is 7.98. The molecule has 1 heterocycles. The molecule has 24 heavy (non-hydrogen) atoms. The van der Waals surface area contributed by atoms with Gasteiger partial charge in [0.1, 0.15) is 18.1 Å². The number of nitrogens with one attached hydrogen (secondary N) is 1. The summed E-state index contributed by atoms with van der Waals surface area (Å²) in [6.45, 7) is 2.74. The zero-order chi connectivity index (χ0) is 17.5. The van der Waals surface area contributed by atoms with E-state index in [1.54, 1.807) is 4.90 Å². The van der Waals surface area contributed by atoms with Gasteiger partial charge < -0.3 is 19.9 Å². The first-order valence-electron chi connectivity index (χ1n) is 7.98. The predicted octanol–water partition coefficient (Wildman–Crippen LogP) is 0.677. The van der Waals surface area contributed by atoms with Gasteiger partial charge in [0.05, 0.1) is 0 Å². The third-order valence-electron chi connectivity index (χ3n) is 4.10. The predicted molar refractivity (Wildman–Crippen MR) is 87.0 cm³/mol. The Hall–Kier alpha value is -2.28. The number of hydrogen-bond donors (Lipinski definition) is 1. The SMILES string of the molecule is CN1CCN(C(=O)[C@H](CCC=O)NC(=O)c2ccc(F)cc2)CC1. The molecule has 0 aromatic heterocycles. The lowest BCUT2D eigenvalue weighted by atomic mass is 10.1. The summed E-state index contributed by atoms with van der Waals surface area (Å²) in [5.41, 5.74) is 0.277. The van der Waals surface area contributed by atoms with Crippen molar-refractivity contribution < 1.29 is 18.8 Å². The number of benzene rings is 1. The number of likely N-dealkylation sites (N-methyl/N-ethyl adjacent to an activating group) is 1. The normalized spacial score (nSPS) is 16.5. The first-order chi connectivity index (χ1) is 11.5. The maximum absolute atomic E-state index is 12.9. The second-order valence-corrected chi connectivity index (χ2v) is 5.91. The van der Waals surface area contributed by atoms with Crippen molar-refractivity contribution in [3.63, 3.8) is 0 Å². The lowest BCUT2D eigenvalue weighted by molar-refractivity contribution is -0.135. The molecule has 1 aliphatic rings. The summed E-state index contributed by atoms with van der Waals surface area (Å²) in [5.74, 6) is -1.06. The molecule has 0 unspecified atom stereocenters. The van der Waals surface area contributed by atoms with Crippen molar-refractivity contribution in [2.24, 2.45) is 0 Å². The number of halogens is 1. The highest BCUT2D eigenvalue weighted by molar-refractivity contribution is 5.97. The molecule has 1 aromatic rings. The zero-order valence-corrected chi connectivity index (χ0v) is 13.7. The molecule has 0 saturated carbocycles. The maximum atomic E-state index is 12.9. The van der Waals surface area contributed by atoms with Crippen LogP contribution in [0.5, 0.6) is 0 Å². The lowest BCUT2D eigenvalue weighted by Crippen LogP contribution is -2.54. The van der Waals surface area contributed by atoms with Crippen LogP contribution < -0.4 is 5.32 Å². The summed E-state index contributed by atoms with van der Waals surface area (Å²) in [7, 11) is 1.99. The van der Waals surface area contributed by atoms with Crippen LogP contribution in [0.15, 0.2) is 24.3 Å². The molecule has 0 aliphatic carbocycles. The number of aldehydes is 1. The van der Waals surface area contributed by atoms with Gasteiger partial charge in [0.2, 0.25) is 5.91 Å². The van der Waals surface area contributed by atoms with Gasteiger partial charge in [-0.3, -0.25) is 9.59 Å². The van der Waals surface area contributed by atoms with E-state index in [9.17, 15) is 18.8 Å². The molecule has 130 valence electrons. The Balaban J connectivity index is 2.03. The summed E-state index contributed by atoms with van der Waals surface area (Å²) in [6, 6.07) is 4.36. The van der Waals surface area contributed by atoms with Gasteiger partial charge in [-0.25, -0.2) is 4.39 Å². The van der Waals surface area contributed by atoms with Crippen LogP contribution in [0.4, 0.5) is 4.39 Å². The fourth-order valence-corrected chi connectivity index (χ4v) is 2.58. The molecule has 1 aromatic carbocycles. The third-order valence-corrected chi connectivity index (χ3v) is 4.10. The summed E-state index contributed by atoms with van der Waals surface area (Å²) in [5, 5.41) is 2.67. The van der Waals surface area contributed by atoms with Gasteiger partial charge in [-0.1, -0.05) is 0 Å². The van der Waals surface area contributed by atoms with Gasteiger partial charge in [-0.05, 0) is 37.7 Å². The average molecular weight is 335 g/mol. The minimum Gasteiger partial charge on any atom is -0.340 e. The Morgan fingerprint density at radius 1 is 1.21 bits per heavy atom. The molecule has 7 heteroatoms. The number of hydrogen-bond acceptors (Lipinski definition) is 4. The molecule has 1 aliphatic heterocycles. The van der Waals surface area contributed by atoms with Crippen LogP contribution in [0.25, 0.3) is 0 Å². The number of nitrogens with zero attached hydrogens (tertiary/aromatic N) is 2. The van der Waals surface area contributed by atoms with Gasteiger partial charge in [0.25, 0.3) is 5.91 Å². The Morgan fingerprint density at radius 3 is 2.42 bits per heavy atom. The molecule has 1 atom stereocenters. The first kappa shape index (κ1) is 18.1. The highest BCUT2D eigenvalue weighted by atomic mass is 19.1. The number of rotatable bonds is 6. The molecule has 0 spiro atoms. The Kier molecular flexibility index (Phi) is 6.43. The van der Waals surface area contributed by atoms with Crippen LogP contribution >= 0.6 is 0 Å². The molecule has 1 N–H and O–H groups in total. The quantitative estimate of drug-likeness (QED) is 0.776. The van der Waals surface area contributed by atoms with Crippen LogP contribution in [0.1, 0.15) is 23.2 Å². The van der Waals surface area contributed by atoms with Gasteiger partial charge in [-0.2, -0.15) is 0 Å². The Labute approximate surface area is 140 Å². The number of carbonyl (C=O) groups is 3. The van der Waals surface area contributed by atoms with Crippen molar-refractivity contribution in [3.8, 4) is 0 Å². The van der Waals surface area contributed by atoms with E-state index in [-0.39, 0.29) is 24.3 Å². The van der Waals surface area contributed by atoms with Crippen molar-refractivity contribution in [3.05, 3.63) is 35.6 Å². The van der Waals surface area contributed by atoms with Gasteiger partial charge in [-0.15, -0.1) is 0 Å². The van der Waals surface area contributed by atoms with Crippen molar-refractivity contribution in [1.82, 2.24) is 15.1 Å². The van der Waals surface area contributed by atoms with E-state index in [2.05, 4.69) is 10.2 Å². The molecule has 1 fully saturated rings. The number of piperazine rings is 1. The Morgan fingerprint density at radius 2 is 1.83 bits per heavy atom. The fourth-order valence-electron chi connectivity index (χ4n) is 2.58. The highest BCUT2D eigenvalue weighted by Crippen LogP contribution is 2.08. The summed E-state index contributed by atoms with van der Waals surface area (Å²) < 4.78 is 12.9. The van der Waals surface area contributed by atoms with Crippen LogP contribution in [0.3, 0.4) is 0 Å². The van der Waals surface area contributed by atoms with Crippen LogP contribution in [-0.2, 0) is 9.59 Å². The smallest absolute Gasteiger partial charge is 0.251 e. The maximum Gasteiger partial charge on any atom is 0.251 e. The van der Waals surface area contributed by atoms with Crippen molar-refractivity contribution in [2.75, 3.05) is 33.2 Å². The highest BCUT2D eigenvalue weighted by Gasteiger charge is 2.27. The van der Waals surface area contributed by atoms with E-state index < -0.39 is 17.8 Å². The molecule has 0 radical (unpaired) electrons. The van der Waals surface area contributed by atoms with Crippen LogP contribution in [-0.4, -0.2) is 67.2 Å². The van der Waals surface area contributed by atoms with E-state index in [1.807, 2.05) is 7.05 Å². The number of carbonyl (C=O) groups excluding carboxylic acids is 3. The van der Waals surface area contributed by atoms with E-state index in [0.717, 1.165) is 19.4 Å². The average Bonchev–Trinajstić information content (AvgIpc) is 2.59. The minimum absolute atomic E-state index is 0.180. The third kappa shape index (κ3) is 4.86. The van der Waals surface area contributed by atoms with Crippen LogP contribution in [0.2, 0.25) is 0 Å². The lowest BCUT2D eigenvalue weighted by Gasteiger charge is -2.34. The van der Waals surface area contributed by atoms with Gasteiger partial charge >= 0.3 is 0 Å². The number of amides is 2. The van der Waals surface area contributed by atoms with E-state index in [4.69, 9.17) is 0 Å². The van der Waals surface area contributed by atoms with E-state index >= 15 is 0 Å². The molecule has 6 nitrogen and oxygen atoms in total. The van der Waals surface area contributed by atoms with Crippen molar-refractivity contribution in [2.45, 2.75) is 18.9 Å². The largest absolute Gasteiger partial charge is 0.340 e. The van der Waals surface area contributed by atoms with E-state index in [1.165, 1.54) is 24.3 Å². The molecule has 0 bridgehead atoms. The Bertz CT molecular complexity index is 583. The molecule has 2 amide bonds. The molecule has 2 rings (SSSR count). The van der Waals surface area contributed by atoms with Crippen molar-refractivity contribution >= 4 is 18.1 Å². The second kappa shape index (κ2) is 8.54. The van der Waals surface area contributed by atoms with E-state index in [0.29, 0.717) is 13.1 Å². The van der Waals surface area contributed by atoms with Crippen LogP contribution in [0, 0.1) is 5.82 Å².